The summed E-state index contributed by atoms with van der Waals surface area (Å²) in [5.41, 5.74) is 0. The van der Waals surface area contributed by atoms with Crippen LogP contribution < -0.4 is 10.6 Å². The van der Waals surface area contributed by atoms with Crippen molar-refractivity contribution in [2.45, 2.75) is 25.6 Å². The maximum absolute atomic E-state index is 11.4. The lowest BCUT2D eigenvalue weighted by Gasteiger charge is -2.15. The lowest BCUT2D eigenvalue weighted by atomic mass is 10.3. The number of nitrogens with one attached hydrogen (secondary N) is 2. The summed E-state index contributed by atoms with van der Waals surface area (Å²) in [5.74, 6) is -1.37. The van der Waals surface area contributed by atoms with E-state index in [9.17, 15) is 9.59 Å². The fourth-order valence-corrected chi connectivity index (χ4v) is 1.31. The average molecular weight is 256 g/mol. The van der Waals surface area contributed by atoms with Crippen LogP contribution in [0.25, 0.3) is 0 Å². The Kier molecular flexibility index (Phi) is 5.12. The van der Waals surface area contributed by atoms with E-state index >= 15 is 0 Å². The molecule has 100 valence electrons. The Morgan fingerprint density at radius 2 is 2.22 bits per heavy atom. The standard InChI is InChI=1S/C10H16N4O4/c1-7(5-14-3-2-11-6-14)13-10(18)12-4-8(15)9(16)17/h2-3,6-8,15H,4-5H2,1H3,(H,16,17)(H2,12,13,18). The summed E-state index contributed by atoms with van der Waals surface area (Å²) in [4.78, 5) is 25.5. The SMILES string of the molecule is CC(Cn1ccnc1)NC(=O)NCC(O)C(=O)O. The molecule has 0 aliphatic heterocycles. The first-order valence-corrected chi connectivity index (χ1v) is 5.40. The van der Waals surface area contributed by atoms with Crippen LogP contribution in [0.2, 0.25) is 0 Å². The first kappa shape index (κ1) is 14.0. The topological polar surface area (TPSA) is 116 Å². The molecule has 1 rings (SSSR count). The number of nitrogens with zero attached hydrogens (tertiary/aromatic N) is 2. The molecule has 0 radical (unpaired) electrons. The molecular formula is C10H16N4O4. The van der Waals surface area contributed by atoms with Crippen molar-refractivity contribution in [3.8, 4) is 0 Å². The molecule has 0 aromatic carbocycles. The van der Waals surface area contributed by atoms with Gasteiger partial charge in [0.25, 0.3) is 0 Å². The molecule has 8 heteroatoms. The molecule has 2 unspecified atom stereocenters. The monoisotopic (exact) mass is 256 g/mol. The number of carbonyl (C=O) groups excluding carboxylic acids is 1. The number of hydrogen-bond acceptors (Lipinski definition) is 4. The van der Waals surface area contributed by atoms with Gasteiger partial charge in [-0.2, -0.15) is 0 Å². The zero-order valence-corrected chi connectivity index (χ0v) is 9.91. The van der Waals surface area contributed by atoms with Gasteiger partial charge >= 0.3 is 12.0 Å². The number of rotatable bonds is 6. The van der Waals surface area contributed by atoms with Crippen LogP contribution in [0.1, 0.15) is 6.92 Å². The summed E-state index contributed by atoms with van der Waals surface area (Å²) in [6, 6.07) is -0.677. The lowest BCUT2D eigenvalue weighted by Crippen LogP contribution is -2.46. The third-order valence-corrected chi connectivity index (χ3v) is 2.16. The van der Waals surface area contributed by atoms with E-state index < -0.39 is 18.1 Å². The number of carbonyl (C=O) groups is 2. The molecular weight excluding hydrogens is 240 g/mol. The zero-order chi connectivity index (χ0) is 13.5. The fraction of sp³-hybridized carbons (Fsp3) is 0.500. The minimum Gasteiger partial charge on any atom is -0.479 e. The van der Waals surface area contributed by atoms with Gasteiger partial charge in [-0.3, -0.25) is 0 Å². The Bertz CT molecular complexity index is 393. The third-order valence-electron chi connectivity index (χ3n) is 2.16. The number of carboxylic acid groups (broad SMARTS) is 1. The van der Waals surface area contributed by atoms with Gasteiger partial charge in [-0.25, -0.2) is 14.6 Å². The van der Waals surface area contributed by atoms with Gasteiger partial charge in [0, 0.05) is 25.0 Å². The predicted molar refractivity (Wildman–Crippen MR) is 61.9 cm³/mol. The van der Waals surface area contributed by atoms with Gasteiger partial charge in [0.1, 0.15) is 0 Å². The summed E-state index contributed by atoms with van der Waals surface area (Å²) < 4.78 is 1.80. The highest BCUT2D eigenvalue weighted by atomic mass is 16.4. The number of carboxylic acids is 1. The molecule has 0 saturated carbocycles. The number of aromatic nitrogens is 2. The van der Waals surface area contributed by atoms with Gasteiger partial charge in [0.05, 0.1) is 12.9 Å². The van der Waals surface area contributed by atoms with Gasteiger partial charge in [-0.15, -0.1) is 0 Å². The van der Waals surface area contributed by atoms with E-state index in [1.54, 1.807) is 30.2 Å². The number of amides is 2. The minimum atomic E-state index is -1.60. The summed E-state index contributed by atoms with van der Waals surface area (Å²) in [6.07, 6.45) is 3.43. The molecule has 0 aliphatic carbocycles. The Morgan fingerprint density at radius 1 is 1.50 bits per heavy atom. The molecule has 1 aromatic heterocycles. The van der Waals surface area contributed by atoms with E-state index in [0.717, 1.165) is 0 Å². The van der Waals surface area contributed by atoms with E-state index in [4.69, 9.17) is 10.2 Å². The van der Waals surface area contributed by atoms with E-state index in [-0.39, 0.29) is 12.6 Å². The molecule has 18 heavy (non-hydrogen) atoms. The maximum Gasteiger partial charge on any atom is 0.334 e. The van der Waals surface area contributed by atoms with Gasteiger partial charge in [0.15, 0.2) is 6.10 Å². The van der Waals surface area contributed by atoms with Crippen LogP contribution in [0, 0.1) is 0 Å². The molecule has 1 heterocycles. The van der Waals surface area contributed by atoms with Crippen molar-refractivity contribution < 1.29 is 19.8 Å². The molecule has 0 aliphatic rings. The highest BCUT2D eigenvalue weighted by molar-refractivity contribution is 5.76. The number of aliphatic carboxylic acids is 1. The second-order valence-corrected chi connectivity index (χ2v) is 3.87. The largest absolute Gasteiger partial charge is 0.479 e. The third kappa shape index (κ3) is 4.83. The van der Waals surface area contributed by atoms with Crippen molar-refractivity contribution >= 4 is 12.0 Å². The lowest BCUT2D eigenvalue weighted by molar-refractivity contribution is -0.146. The second-order valence-electron chi connectivity index (χ2n) is 3.87. The molecule has 4 N–H and O–H groups in total. The summed E-state index contributed by atoms with van der Waals surface area (Å²) in [6.45, 7) is 2.01. The van der Waals surface area contributed by atoms with Crippen LogP contribution in [0.4, 0.5) is 4.79 Å². The number of urea groups is 1. The molecule has 0 saturated heterocycles. The van der Waals surface area contributed by atoms with Gasteiger partial charge in [-0.05, 0) is 6.92 Å². The Balaban J connectivity index is 2.25. The number of aliphatic hydroxyl groups is 1. The smallest absolute Gasteiger partial charge is 0.334 e. The van der Waals surface area contributed by atoms with Crippen LogP contribution in [0.15, 0.2) is 18.7 Å². The van der Waals surface area contributed by atoms with Crippen LogP contribution in [-0.4, -0.2) is 50.5 Å². The highest BCUT2D eigenvalue weighted by Gasteiger charge is 2.14. The number of hydrogen-bond donors (Lipinski definition) is 4. The molecule has 0 fully saturated rings. The summed E-state index contributed by atoms with van der Waals surface area (Å²) in [7, 11) is 0. The summed E-state index contributed by atoms with van der Waals surface area (Å²) in [5, 5.41) is 22.3. The Hall–Kier alpha value is -2.09. The molecule has 0 bridgehead atoms. The van der Waals surface area contributed by atoms with Crippen LogP contribution in [0.5, 0.6) is 0 Å². The van der Waals surface area contributed by atoms with Crippen molar-refractivity contribution in [2.75, 3.05) is 6.54 Å². The van der Waals surface area contributed by atoms with Crippen molar-refractivity contribution in [1.82, 2.24) is 20.2 Å². The van der Waals surface area contributed by atoms with Crippen LogP contribution >= 0.6 is 0 Å². The molecule has 8 nitrogen and oxygen atoms in total. The number of aliphatic hydroxyl groups excluding tert-OH is 1. The van der Waals surface area contributed by atoms with Gasteiger partial charge in [-0.1, -0.05) is 0 Å². The highest BCUT2D eigenvalue weighted by Crippen LogP contribution is 1.91. The Morgan fingerprint density at radius 3 is 2.78 bits per heavy atom. The normalized spacial score (nSPS) is 13.7. The van der Waals surface area contributed by atoms with Crippen LogP contribution in [-0.2, 0) is 11.3 Å². The van der Waals surface area contributed by atoms with Crippen molar-refractivity contribution in [2.24, 2.45) is 0 Å². The van der Waals surface area contributed by atoms with E-state index in [2.05, 4.69) is 15.6 Å². The minimum absolute atomic E-state index is 0.152. The molecule has 2 amide bonds. The average Bonchev–Trinajstić information content (AvgIpc) is 2.78. The van der Waals surface area contributed by atoms with E-state index in [1.807, 2.05) is 0 Å². The van der Waals surface area contributed by atoms with Crippen molar-refractivity contribution in [3.63, 3.8) is 0 Å². The molecule has 1 aromatic rings. The number of imidazole rings is 1. The quantitative estimate of drug-likeness (QED) is 0.522. The van der Waals surface area contributed by atoms with Gasteiger partial charge < -0.3 is 25.4 Å². The van der Waals surface area contributed by atoms with E-state index in [1.165, 1.54) is 0 Å². The predicted octanol–water partition coefficient (Wildman–Crippen LogP) is -0.984. The Labute approximate surface area is 104 Å². The molecule has 2 atom stereocenters. The van der Waals surface area contributed by atoms with Crippen molar-refractivity contribution in [3.05, 3.63) is 18.7 Å². The molecule has 0 spiro atoms. The second kappa shape index (κ2) is 6.60. The first-order valence-electron chi connectivity index (χ1n) is 5.40. The maximum atomic E-state index is 11.4. The first-order chi connectivity index (χ1) is 8.49. The summed E-state index contributed by atoms with van der Waals surface area (Å²) >= 11 is 0. The van der Waals surface area contributed by atoms with Crippen LogP contribution in [0.3, 0.4) is 0 Å². The fourth-order valence-electron chi connectivity index (χ4n) is 1.31. The van der Waals surface area contributed by atoms with Gasteiger partial charge in [0.2, 0.25) is 0 Å². The van der Waals surface area contributed by atoms with Crippen molar-refractivity contribution in [1.29, 1.82) is 0 Å². The van der Waals surface area contributed by atoms with E-state index in [0.29, 0.717) is 6.54 Å². The zero-order valence-electron chi connectivity index (χ0n) is 9.91.